The van der Waals surface area contributed by atoms with Crippen molar-refractivity contribution in [2.75, 3.05) is 19.4 Å². The average molecular weight is 498 g/mol. The Hall–Kier alpha value is -3.36. The molecule has 0 unspecified atom stereocenters. The summed E-state index contributed by atoms with van der Waals surface area (Å²) in [5.74, 6) is 0.610. The largest absolute Gasteiger partial charge is 0.491 e. The van der Waals surface area contributed by atoms with E-state index in [1.165, 1.54) is 12.3 Å². The van der Waals surface area contributed by atoms with Crippen LogP contribution in [0.1, 0.15) is 21.5 Å². The second-order valence-corrected chi connectivity index (χ2v) is 10.3. The number of benzene rings is 3. The number of fused-ring (bicyclic) bond motifs is 2. The molecule has 5 rings (SSSR count). The molecule has 0 fully saturated rings. The van der Waals surface area contributed by atoms with Gasteiger partial charge < -0.3 is 14.6 Å². The predicted molar refractivity (Wildman–Crippen MR) is 133 cm³/mol. The van der Waals surface area contributed by atoms with Gasteiger partial charge in [0.15, 0.2) is 9.84 Å². The van der Waals surface area contributed by atoms with Gasteiger partial charge in [-0.25, -0.2) is 13.4 Å². The number of carbonyl (C=O) groups is 1. The molecule has 0 saturated carbocycles. The van der Waals surface area contributed by atoms with E-state index in [0.717, 1.165) is 33.5 Å². The fourth-order valence-corrected chi connectivity index (χ4v) is 5.20. The van der Waals surface area contributed by atoms with Gasteiger partial charge in [-0.15, -0.1) is 12.4 Å². The van der Waals surface area contributed by atoms with E-state index in [-0.39, 0.29) is 23.2 Å². The van der Waals surface area contributed by atoms with E-state index >= 15 is 0 Å². The van der Waals surface area contributed by atoms with Crippen molar-refractivity contribution in [3.8, 4) is 16.9 Å². The maximum absolute atomic E-state index is 13.3. The highest BCUT2D eigenvalue weighted by Gasteiger charge is 2.23. The summed E-state index contributed by atoms with van der Waals surface area (Å²) in [5.41, 5.74) is 5.89. The number of sulfone groups is 1. The number of aromatic amines is 1. The number of ether oxygens (including phenoxy) is 1. The second-order valence-electron chi connectivity index (χ2n) is 8.28. The molecule has 0 bridgehead atoms. The summed E-state index contributed by atoms with van der Waals surface area (Å²) < 4.78 is 29.7. The number of nitrogens with one attached hydrogen (secondary N) is 1. The number of halogens is 1. The molecule has 3 aromatic carbocycles. The molecular formula is C25H24ClN3O4S. The van der Waals surface area contributed by atoms with Crippen molar-refractivity contribution >= 4 is 39.2 Å². The summed E-state index contributed by atoms with van der Waals surface area (Å²) in [4.78, 5) is 22.6. The zero-order valence-corrected chi connectivity index (χ0v) is 20.4. The van der Waals surface area contributed by atoms with Crippen molar-refractivity contribution in [2.24, 2.45) is 0 Å². The highest BCUT2D eigenvalue weighted by Crippen LogP contribution is 2.31. The first-order chi connectivity index (χ1) is 15.8. The third kappa shape index (κ3) is 4.51. The van der Waals surface area contributed by atoms with Crippen LogP contribution in [0.4, 0.5) is 0 Å². The average Bonchev–Trinajstić information content (AvgIpc) is 3.15. The summed E-state index contributed by atoms with van der Waals surface area (Å²) in [6.07, 6.45) is 2.84. The third-order valence-corrected chi connectivity index (χ3v) is 7.16. The topological polar surface area (TPSA) is 92.4 Å². The van der Waals surface area contributed by atoms with Crippen LogP contribution in [0.3, 0.4) is 0 Å². The van der Waals surface area contributed by atoms with Gasteiger partial charge in [-0.05, 0) is 66.1 Å². The van der Waals surface area contributed by atoms with Crippen LogP contribution in [0.5, 0.6) is 5.75 Å². The number of rotatable bonds is 3. The molecule has 1 aromatic heterocycles. The number of hydrogen-bond donors (Lipinski definition) is 1. The van der Waals surface area contributed by atoms with E-state index in [2.05, 4.69) is 22.1 Å². The molecule has 176 valence electrons. The lowest BCUT2D eigenvalue weighted by atomic mass is 10.0. The summed E-state index contributed by atoms with van der Waals surface area (Å²) in [6, 6.07) is 16.8. The molecular weight excluding hydrogens is 474 g/mol. The van der Waals surface area contributed by atoms with E-state index in [4.69, 9.17) is 4.74 Å². The molecule has 0 radical (unpaired) electrons. The normalized spacial score (nSPS) is 13.5. The lowest BCUT2D eigenvalue weighted by molar-refractivity contribution is 0.0733. The highest BCUT2D eigenvalue weighted by atomic mass is 35.5. The molecule has 1 amide bonds. The first-order valence-electron chi connectivity index (χ1n) is 10.6. The van der Waals surface area contributed by atoms with Crippen LogP contribution in [0.2, 0.25) is 0 Å². The number of aryl methyl sites for hydroxylation is 1. The smallest absolute Gasteiger partial charge is 0.254 e. The standard InChI is InChI=1S/C25H23N3O4S.ClH/c1-16-11-19(5-8-24(16)33(2,30)31)25(29)28-9-10-32-23-7-4-17(12-20(23)14-28)18-3-6-21-22(13-18)27-15-26-21;/h3-8,11-13,15H,9-10,14H2,1-2H3,(H,26,27);1H. The Morgan fingerprint density at radius 2 is 1.82 bits per heavy atom. The minimum atomic E-state index is -3.34. The maximum Gasteiger partial charge on any atom is 0.254 e. The molecule has 1 N–H and O–H groups in total. The predicted octanol–water partition coefficient (Wildman–Crippen LogP) is 4.40. The van der Waals surface area contributed by atoms with Gasteiger partial charge in [0.25, 0.3) is 5.91 Å². The molecule has 7 nitrogen and oxygen atoms in total. The Balaban J connectivity index is 0.00000274. The highest BCUT2D eigenvalue weighted by molar-refractivity contribution is 7.90. The van der Waals surface area contributed by atoms with Crippen LogP contribution >= 0.6 is 12.4 Å². The maximum atomic E-state index is 13.3. The summed E-state index contributed by atoms with van der Waals surface area (Å²) in [7, 11) is -3.34. The summed E-state index contributed by atoms with van der Waals surface area (Å²) in [5, 5.41) is 0. The molecule has 4 aromatic rings. The van der Waals surface area contributed by atoms with Crippen molar-refractivity contribution in [2.45, 2.75) is 18.4 Å². The summed E-state index contributed by atoms with van der Waals surface area (Å²) >= 11 is 0. The zero-order valence-electron chi connectivity index (χ0n) is 18.7. The van der Waals surface area contributed by atoms with E-state index in [9.17, 15) is 13.2 Å². The first kappa shape index (κ1) is 23.8. The molecule has 2 heterocycles. The lowest BCUT2D eigenvalue weighted by Crippen LogP contribution is -2.32. The molecule has 34 heavy (non-hydrogen) atoms. The number of carbonyl (C=O) groups excluding carboxylic acids is 1. The quantitative estimate of drug-likeness (QED) is 0.453. The van der Waals surface area contributed by atoms with Crippen molar-refractivity contribution in [3.63, 3.8) is 0 Å². The van der Waals surface area contributed by atoms with Crippen molar-refractivity contribution in [1.29, 1.82) is 0 Å². The van der Waals surface area contributed by atoms with Crippen molar-refractivity contribution in [1.82, 2.24) is 14.9 Å². The Morgan fingerprint density at radius 1 is 1.06 bits per heavy atom. The Bertz CT molecular complexity index is 1500. The fourth-order valence-electron chi connectivity index (χ4n) is 4.24. The molecule has 1 aliphatic rings. The molecule has 0 atom stereocenters. The van der Waals surface area contributed by atoms with E-state index in [1.807, 2.05) is 24.3 Å². The van der Waals surface area contributed by atoms with Gasteiger partial charge in [-0.2, -0.15) is 0 Å². The SMILES string of the molecule is Cc1cc(C(=O)N2CCOc3ccc(-c4ccc5nc[nH]c5c4)cc3C2)ccc1S(C)(=O)=O.Cl. The number of aromatic nitrogens is 2. The van der Waals surface area contributed by atoms with Crippen molar-refractivity contribution in [3.05, 3.63) is 77.6 Å². The van der Waals surface area contributed by atoms with Crippen LogP contribution in [0, 0.1) is 6.92 Å². The lowest BCUT2D eigenvalue weighted by Gasteiger charge is -2.20. The van der Waals surface area contributed by atoms with Gasteiger partial charge >= 0.3 is 0 Å². The van der Waals surface area contributed by atoms with Crippen molar-refractivity contribution < 1.29 is 17.9 Å². The first-order valence-corrected chi connectivity index (χ1v) is 12.5. The van der Waals surface area contributed by atoms with E-state index < -0.39 is 9.84 Å². The third-order valence-electron chi connectivity index (χ3n) is 5.90. The van der Waals surface area contributed by atoms with Gasteiger partial charge in [0.05, 0.1) is 28.8 Å². The second kappa shape index (κ2) is 9.12. The van der Waals surface area contributed by atoms with Crippen LogP contribution in [-0.4, -0.2) is 48.6 Å². The monoisotopic (exact) mass is 497 g/mol. The number of hydrogen-bond acceptors (Lipinski definition) is 5. The van der Waals surface area contributed by atoms with Gasteiger partial charge in [0.2, 0.25) is 0 Å². The minimum absolute atomic E-state index is 0. The summed E-state index contributed by atoms with van der Waals surface area (Å²) in [6.45, 7) is 2.94. The Labute approximate surface area is 204 Å². The van der Waals surface area contributed by atoms with Gasteiger partial charge in [-0.3, -0.25) is 4.79 Å². The number of amides is 1. The van der Waals surface area contributed by atoms with Gasteiger partial charge in [0.1, 0.15) is 12.4 Å². The Kier molecular flexibility index (Phi) is 6.38. The molecule has 1 aliphatic heterocycles. The number of nitrogens with zero attached hydrogens (tertiary/aromatic N) is 2. The molecule has 0 spiro atoms. The molecule has 9 heteroatoms. The number of imidazole rings is 1. The number of H-pyrrole nitrogens is 1. The fraction of sp³-hybridized carbons (Fsp3) is 0.200. The van der Waals surface area contributed by atoms with Crippen LogP contribution < -0.4 is 4.74 Å². The van der Waals surface area contributed by atoms with Crippen LogP contribution in [0.15, 0.2) is 65.8 Å². The van der Waals surface area contributed by atoms with E-state index in [0.29, 0.717) is 30.8 Å². The zero-order chi connectivity index (χ0) is 23.2. The molecule has 0 aliphatic carbocycles. The Morgan fingerprint density at radius 3 is 2.59 bits per heavy atom. The van der Waals surface area contributed by atoms with Gasteiger partial charge in [-0.1, -0.05) is 12.1 Å². The van der Waals surface area contributed by atoms with Crippen LogP contribution in [0.25, 0.3) is 22.2 Å². The van der Waals surface area contributed by atoms with Crippen LogP contribution in [-0.2, 0) is 16.4 Å². The van der Waals surface area contributed by atoms with E-state index in [1.54, 1.807) is 30.3 Å². The molecule has 0 saturated heterocycles. The van der Waals surface area contributed by atoms with Gasteiger partial charge in [0, 0.05) is 23.9 Å². The minimum Gasteiger partial charge on any atom is -0.491 e.